The Labute approximate surface area is 119 Å². The van der Waals surface area contributed by atoms with Crippen LogP contribution in [-0.2, 0) is 9.53 Å². The number of aryl methyl sites for hydroxylation is 2. The second-order valence-corrected chi connectivity index (χ2v) is 4.72. The molecule has 0 fully saturated rings. The lowest BCUT2D eigenvalue weighted by molar-refractivity contribution is -0.140. The second-order valence-electron chi connectivity index (χ2n) is 4.72. The van der Waals surface area contributed by atoms with Crippen molar-refractivity contribution in [1.29, 1.82) is 0 Å². The standard InChI is InChI=1S/C15H23NO4/c1-11-5-4-6-12(2)15(11)20-10-13(17)9-16-8-7-14(18)19-3/h4-6,13,16-17H,7-10H2,1-3H3. The number of aliphatic hydroxyl groups excluding tert-OH is 1. The fourth-order valence-corrected chi connectivity index (χ4v) is 1.83. The minimum Gasteiger partial charge on any atom is -0.490 e. The van der Waals surface area contributed by atoms with Gasteiger partial charge in [-0.2, -0.15) is 0 Å². The van der Waals surface area contributed by atoms with Gasteiger partial charge in [0.2, 0.25) is 0 Å². The van der Waals surface area contributed by atoms with Crippen molar-refractivity contribution in [2.45, 2.75) is 26.4 Å². The summed E-state index contributed by atoms with van der Waals surface area (Å²) < 4.78 is 10.2. The lowest BCUT2D eigenvalue weighted by Crippen LogP contribution is -2.32. The summed E-state index contributed by atoms with van der Waals surface area (Å²) in [6.45, 7) is 5.03. The van der Waals surface area contributed by atoms with E-state index in [1.54, 1.807) is 0 Å². The summed E-state index contributed by atoms with van der Waals surface area (Å²) in [5, 5.41) is 12.8. The van der Waals surface area contributed by atoms with Crippen LogP contribution in [0.15, 0.2) is 18.2 Å². The molecule has 0 aliphatic rings. The number of para-hydroxylation sites is 1. The van der Waals surface area contributed by atoms with Crippen molar-refractivity contribution in [3.63, 3.8) is 0 Å². The van der Waals surface area contributed by atoms with Gasteiger partial charge in [-0.1, -0.05) is 18.2 Å². The molecule has 1 aromatic rings. The Morgan fingerprint density at radius 3 is 2.60 bits per heavy atom. The van der Waals surface area contributed by atoms with Crippen molar-refractivity contribution in [1.82, 2.24) is 5.32 Å². The number of esters is 1. The van der Waals surface area contributed by atoms with Crippen molar-refractivity contribution in [2.75, 3.05) is 26.8 Å². The smallest absolute Gasteiger partial charge is 0.306 e. The van der Waals surface area contributed by atoms with E-state index in [1.165, 1.54) is 7.11 Å². The van der Waals surface area contributed by atoms with E-state index in [-0.39, 0.29) is 12.6 Å². The van der Waals surface area contributed by atoms with E-state index < -0.39 is 6.10 Å². The van der Waals surface area contributed by atoms with Crippen molar-refractivity contribution in [3.8, 4) is 5.75 Å². The predicted molar refractivity (Wildman–Crippen MR) is 76.9 cm³/mol. The summed E-state index contributed by atoms with van der Waals surface area (Å²) in [6.07, 6.45) is -0.326. The van der Waals surface area contributed by atoms with Crippen LogP contribution in [0.3, 0.4) is 0 Å². The molecule has 112 valence electrons. The molecule has 2 N–H and O–H groups in total. The normalized spacial score (nSPS) is 12.0. The molecule has 0 aromatic heterocycles. The maximum absolute atomic E-state index is 10.9. The van der Waals surface area contributed by atoms with Gasteiger partial charge in [-0.15, -0.1) is 0 Å². The monoisotopic (exact) mass is 281 g/mol. The fraction of sp³-hybridized carbons (Fsp3) is 0.533. The maximum atomic E-state index is 10.9. The van der Waals surface area contributed by atoms with E-state index in [0.29, 0.717) is 19.5 Å². The van der Waals surface area contributed by atoms with Crippen LogP contribution in [0, 0.1) is 13.8 Å². The number of carbonyl (C=O) groups excluding carboxylic acids is 1. The first kappa shape index (κ1) is 16.5. The second kappa shape index (κ2) is 8.55. The number of benzene rings is 1. The zero-order valence-corrected chi connectivity index (χ0v) is 12.3. The van der Waals surface area contributed by atoms with Gasteiger partial charge in [0.1, 0.15) is 18.5 Å². The molecule has 20 heavy (non-hydrogen) atoms. The topological polar surface area (TPSA) is 67.8 Å². The largest absolute Gasteiger partial charge is 0.490 e. The predicted octanol–water partition coefficient (Wildman–Crippen LogP) is 1.20. The first-order chi connectivity index (χ1) is 9.54. The van der Waals surface area contributed by atoms with Crippen LogP contribution in [0.5, 0.6) is 5.75 Å². The van der Waals surface area contributed by atoms with Crippen molar-refractivity contribution < 1.29 is 19.4 Å². The highest BCUT2D eigenvalue weighted by molar-refractivity contribution is 5.69. The van der Waals surface area contributed by atoms with Crippen molar-refractivity contribution in [3.05, 3.63) is 29.3 Å². The SMILES string of the molecule is COC(=O)CCNCC(O)COc1c(C)cccc1C. The Morgan fingerprint density at radius 1 is 1.35 bits per heavy atom. The number of nitrogens with one attached hydrogen (secondary N) is 1. The Kier molecular flexibility index (Phi) is 7.04. The van der Waals surface area contributed by atoms with Crippen LogP contribution in [0.2, 0.25) is 0 Å². The van der Waals surface area contributed by atoms with Gasteiger partial charge in [-0.05, 0) is 25.0 Å². The van der Waals surface area contributed by atoms with Crippen LogP contribution < -0.4 is 10.1 Å². The third-order valence-electron chi connectivity index (χ3n) is 2.94. The van der Waals surface area contributed by atoms with Gasteiger partial charge in [0.25, 0.3) is 0 Å². The highest BCUT2D eigenvalue weighted by Gasteiger charge is 2.08. The summed E-state index contributed by atoms with van der Waals surface area (Å²) in [4.78, 5) is 10.9. The zero-order chi connectivity index (χ0) is 15.0. The summed E-state index contributed by atoms with van der Waals surface area (Å²) in [5.74, 6) is 0.555. The summed E-state index contributed by atoms with van der Waals surface area (Å²) in [7, 11) is 1.36. The van der Waals surface area contributed by atoms with Gasteiger partial charge in [0, 0.05) is 13.1 Å². The van der Waals surface area contributed by atoms with Gasteiger partial charge in [0.05, 0.1) is 13.5 Å². The van der Waals surface area contributed by atoms with Crippen LogP contribution >= 0.6 is 0 Å². The number of methoxy groups -OCH3 is 1. The number of rotatable bonds is 8. The number of hydrogen-bond donors (Lipinski definition) is 2. The fourth-order valence-electron chi connectivity index (χ4n) is 1.83. The minimum absolute atomic E-state index is 0.219. The van der Waals surface area contributed by atoms with Gasteiger partial charge >= 0.3 is 5.97 Å². The number of hydrogen-bond acceptors (Lipinski definition) is 5. The Balaban J connectivity index is 2.26. The quantitative estimate of drug-likeness (QED) is 0.553. The van der Waals surface area contributed by atoms with Gasteiger partial charge < -0.3 is 19.9 Å². The van der Waals surface area contributed by atoms with E-state index >= 15 is 0 Å². The molecular weight excluding hydrogens is 258 g/mol. The molecule has 1 rings (SSSR count). The highest BCUT2D eigenvalue weighted by atomic mass is 16.5. The average Bonchev–Trinajstić information content (AvgIpc) is 2.42. The molecular formula is C15H23NO4. The lowest BCUT2D eigenvalue weighted by atomic mass is 10.1. The van der Waals surface area contributed by atoms with Crippen molar-refractivity contribution >= 4 is 5.97 Å². The lowest BCUT2D eigenvalue weighted by Gasteiger charge is -2.16. The molecule has 0 aliphatic carbocycles. The first-order valence-corrected chi connectivity index (χ1v) is 6.69. The van der Waals surface area contributed by atoms with Gasteiger partial charge in [-0.25, -0.2) is 0 Å². The summed E-state index contributed by atoms with van der Waals surface area (Å²) in [6, 6.07) is 5.93. The number of aliphatic hydroxyl groups is 1. The number of carbonyl (C=O) groups is 1. The minimum atomic E-state index is -0.619. The van der Waals surface area contributed by atoms with Crippen LogP contribution in [0.4, 0.5) is 0 Å². The van der Waals surface area contributed by atoms with E-state index in [1.807, 2.05) is 32.0 Å². The molecule has 0 radical (unpaired) electrons. The molecule has 1 atom stereocenters. The van der Waals surface area contributed by atoms with E-state index in [9.17, 15) is 9.90 Å². The van der Waals surface area contributed by atoms with E-state index in [0.717, 1.165) is 16.9 Å². The first-order valence-electron chi connectivity index (χ1n) is 6.69. The number of ether oxygens (including phenoxy) is 2. The van der Waals surface area contributed by atoms with Crippen molar-refractivity contribution in [2.24, 2.45) is 0 Å². The van der Waals surface area contributed by atoms with Crippen LogP contribution in [-0.4, -0.2) is 44.0 Å². The van der Waals surface area contributed by atoms with Crippen LogP contribution in [0.25, 0.3) is 0 Å². The zero-order valence-electron chi connectivity index (χ0n) is 12.3. The van der Waals surface area contributed by atoms with Crippen LogP contribution in [0.1, 0.15) is 17.5 Å². The van der Waals surface area contributed by atoms with E-state index in [4.69, 9.17) is 4.74 Å². The average molecular weight is 281 g/mol. The Morgan fingerprint density at radius 2 is 2.00 bits per heavy atom. The molecule has 0 heterocycles. The van der Waals surface area contributed by atoms with Gasteiger partial charge in [0.15, 0.2) is 0 Å². The third-order valence-corrected chi connectivity index (χ3v) is 2.94. The summed E-state index contributed by atoms with van der Waals surface area (Å²) >= 11 is 0. The molecule has 0 saturated carbocycles. The molecule has 0 aliphatic heterocycles. The molecule has 1 aromatic carbocycles. The molecule has 1 unspecified atom stereocenters. The third kappa shape index (κ3) is 5.59. The Bertz CT molecular complexity index is 414. The molecule has 0 amide bonds. The summed E-state index contributed by atoms with van der Waals surface area (Å²) in [5.41, 5.74) is 2.10. The molecule has 5 heteroatoms. The highest BCUT2D eigenvalue weighted by Crippen LogP contribution is 2.22. The Hall–Kier alpha value is -1.59. The molecule has 5 nitrogen and oxygen atoms in total. The molecule has 0 bridgehead atoms. The van der Waals surface area contributed by atoms with E-state index in [2.05, 4.69) is 10.1 Å². The van der Waals surface area contributed by atoms with Gasteiger partial charge in [-0.3, -0.25) is 4.79 Å². The molecule has 0 spiro atoms. The maximum Gasteiger partial charge on any atom is 0.306 e. The molecule has 0 saturated heterocycles.